The van der Waals surface area contributed by atoms with Crippen molar-refractivity contribution in [2.24, 2.45) is 11.5 Å². The maximum Gasteiger partial charge on any atom is 0.243 e. The van der Waals surface area contributed by atoms with E-state index < -0.39 is 53.6 Å². The highest BCUT2D eigenvalue weighted by molar-refractivity contribution is 5.95. The number of halogens is 1. The fraction of sp³-hybridized carbons (Fsp3) is 0.312. The average molecular weight is 590 g/mol. The summed E-state index contributed by atoms with van der Waals surface area (Å²) in [4.78, 5) is 53.9. The Balaban J connectivity index is 1.49. The first-order valence-electron chi connectivity index (χ1n) is 14.1. The third-order valence-electron chi connectivity index (χ3n) is 7.51. The molecule has 11 heteroatoms. The minimum Gasteiger partial charge on any atom is -0.508 e. The van der Waals surface area contributed by atoms with Crippen molar-refractivity contribution >= 4 is 23.6 Å². The van der Waals surface area contributed by atoms with Gasteiger partial charge in [-0.15, -0.1) is 0 Å². The molecular weight excluding hydrogens is 553 g/mol. The van der Waals surface area contributed by atoms with Crippen LogP contribution in [0.25, 0.3) is 0 Å². The Hall–Kier alpha value is -4.77. The van der Waals surface area contributed by atoms with Crippen molar-refractivity contribution in [2.45, 2.75) is 56.3 Å². The zero-order chi connectivity index (χ0) is 30.9. The van der Waals surface area contributed by atoms with Crippen molar-refractivity contribution in [3.8, 4) is 5.75 Å². The van der Waals surface area contributed by atoms with Gasteiger partial charge in [0, 0.05) is 19.4 Å². The molecule has 0 radical (unpaired) electrons. The molecule has 3 aromatic carbocycles. The highest BCUT2D eigenvalue weighted by Crippen LogP contribution is 2.20. The van der Waals surface area contributed by atoms with Crippen LogP contribution in [0.2, 0.25) is 0 Å². The third-order valence-corrected chi connectivity index (χ3v) is 7.51. The highest BCUT2D eigenvalue weighted by atomic mass is 19.1. The molecule has 4 rings (SSSR count). The van der Waals surface area contributed by atoms with Crippen molar-refractivity contribution in [1.82, 2.24) is 15.5 Å². The van der Waals surface area contributed by atoms with E-state index in [9.17, 15) is 28.7 Å². The number of likely N-dealkylation sites (tertiary alicyclic amines) is 1. The summed E-state index contributed by atoms with van der Waals surface area (Å²) in [6.45, 7) is 0.311. The Kier molecular flexibility index (Phi) is 10.4. The molecule has 1 heterocycles. The maximum atomic E-state index is 14.6. The highest BCUT2D eigenvalue weighted by Gasteiger charge is 2.38. The molecule has 0 aliphatic carbocycles. The first kappa shape index (κ1) is 31.2. The lowest BCUT2D eigenvalue weighted by Crippen LogP contribution is -2.58. The van der Waals surface area contributed by atoms with E-state index >= 15 is 0 Å². The van der Waals surface area contributed by atoms with Gasteiger partial charge in [0.05, 0.1) is 6.04 Å². The van der Waals surface area contributed by atoms with Gasteiger partial charge < -0.3 is 32.1 Å². The quantitative estimate of drug-likeness (QED) is 0.214. The summed E-state index contributed by atoms with van der Waals surface area (Å²) < 4.78 is 14.6. The van der Waals surface area contributed by atoms with Crippen molar-refractivity contribution in [1.29, 1.82) is 0 Å². The van der Waals surface area contributed by atoms with E-state index in [0.29, 0.717) is 19.4 Å². The molecule has 0 bridgehead atoms. The van der Waals surface area contributed by atoms with E-state index in [1.807, 2.05) is 6.07 Å². The van der Waals surface area contributed by atoms with Crippen LogP contribution in [0.15, 0.2) is 78.9 Å². The van der Waals surface area contributed by atoms with E-state index in [2.05, 4.69) is 10.6 Å². The molecule has 43 heavy (non-hydrogen) atoms. The predicted octanol–water partition coefficient (Wildman–Crippen LogP) is 1.33. The molecule has 3 aromatic rings. The minimum absolute atomic E-state index is 0.0936. The van der Waals surface area contributed by atoms with Gasteiger partial charge in [-0.2, -0.15) is 0 Å². The maximum absolute atomic E-state index is 14.6. The van der Waals surface area contributed by atoms with Gasteiger partial charge in [-0.3, -0.25) is 19.2 Å². The summed E-state index contributed by atoms with van der Waals surface area (Å²) in [6, 6.07) is 17.1. The van der Waals surface area contributed by atoms with Crippen LogP contribution in [0.4, 0.5) is 4.39 Å². The first-order chi connectivity index (χ1) is 20.6. The molecule has 1 saturated heterocycles. The number of nitrogens with zero attached hydrogens (tertiary/aromatic N) is 1. The number of nitrogens with one attached hydrogen (secondary N) is 2. The van der Waals surface area contributed by atoms with Crippen molar-refractivity contribution < 1.29 is 28.7 Å². The number of hydrogen-bond donors (Lipinski definition) is 5. The normalized spacial score (nSPS) is 16.6. The molecule has 0 aromatic heterocycles. The number of hydrogen-bond acceptors (Lipinski definition) is 6. The summed E-state index contributed by atoms with van der Waals surface area (Å²) >= 11 is 0. The number of primary amides is 1. The number of rotatable bonds is 12. The van der Waals surface area contributed by atoms with E-state index in [-0.39, 0.29) is 30.6 Å². The van der Waals surface area contributed by atoms with Crippen molar-refractivity contribution in [3.63, 3.8) is 0 Å². The van der Waals surface area contributed by atoms with Gasteiger partial charge in [-0.25, -0.2) is 4.39 Å². The number of phenols is 1. The van der Waals surface area contributed by atoms with Crippen LogP contribution in [0, 0.1) is 5.82 Å². The van der Waals surface area contributed by atoms with Crippen molar-refractivity contribution in [3.05, 3.63) is 101 Å². The smallest absolute Gasteiger partial charge is 0.243 e. The Morgan fingerprint density at radius 3 is 2.19 bits per heavy atom. The molecule has 4 amide bonds. The molecule has 1 aliphatic heterocycles. The van der Waals surface area contributed by atoms with Crippen LogP contribution >= 0.6 is 0 Å². The van der Waals surface area contributed by atoms with Gasteiger partial charge >= 0.3 is 0 Å². The molecule has 1 aliphatic rings. The van der Waals surface area contributed by atoms with Gasteiger partial charge in [-0.05, 0) is 54.2 Å². The van der Waals surface area contributed by atoms with E-state index in [4.69, 9.17) is 11.5 Å². The summed E-state index contributed by atoms with van der Waals surface area (Å²) in [6.07, 6.45) is 1.06. The number of amides is 4. The Morgan fingerprint density at radius 1 is 0.860 bits per heavy atom. The topological polar surface area (TPSA) is 168 Å². The van der Waals surface area contributed by atoms with E-state index in [1.165, 1.54) is 35.2 Å². The molecular formula is C32H36FN5O5. The fourth-order valence-corrected chi connectivity index (χ4v) is 5.20. The van der Waals surface area contributed by atoms with Crippen LogP contribution in [0.5, 0.6) is 5.75 Å². The minimum atomic E-state index is -1.26. The SMILES string of the molecule is NC(=O)[C@H](Cc1ccccc1)NC(=O)[C@H](Cc1ccccc1F)NC(=O)[C@@H]1CCCN1C(=O)[C@@H](N)Cc1ccc(O)cc1. The van der Waals surface area contributed by atoms with Crippen LogP contribution < -0.4 is 22.1 Å². The second-order valence-electron chi connectivity index (χ2n) is 10.7. The standard InChI is InChI=1S/C32H36FN5O5/c33-24-10-5-4-9-22(24)19-27(30(41)36-26(29(35)40)18-20-7-2-1-3-8-20)37-31(42)28-11-6-16-38(28)32(43)25(34)17-21-12-14-23(39)15-13-21/h1-5,7-10,12-15,25-28,39H,6,11,16-19,34H2,(H2,35,40)(H,36,41)(H,37,42)/t25-,26-,27-,28-/m0/s1. The Morgan fingerprint density at radius 2 is 1.51 bits per heavy atom. The number of nitrogens with two attached hydrogens (primary N) is 2. The fourth-order valence-electron chi connectivity index (χ4n) is 5.20. The average Bonchev–Trinajstić information content (AvgIpc) is 3.49. The molecule has 0 saturated carbocycles. The second kappa shape index (κ2) is 14.4. The van der Waals surface area contributed by atoms with Crippen molar-refractivity contribution in [2.75, 3.05) is 6.54 Å². The zero-order valence-corrected chi connectivity index (χ0v) is 23.6. The van der Waals surface area contributed by atoms with Gasteiger partial charge in [-0.1, -0.05) is 60.7 Å². The number of benzene rings is 3. The van der Waals surface area contributed by atoms with E-state index in [0.717, 1.165) is 11.1 Å². The van der Waals surface area contributed by atoms with Gasteiger partial charge in [0.25, 0.3) is 0 Å². The summed E-state index contributed by atoms with van der Waals surface area (Å²) in [7, 11) is 0. The number of phenolic OH excluding ortho intramolecular Hbond substituents is 1. The molecule has 1 fully saturated rings. The zero-order valence-electron chi connectivity index (χ0n) is 23.6. The summed E-state index contributed by atoms with van der Waals surface area (Å²) in [5, 5.41) is 14.8. The van der Waals surface area contributed by atoms with Crippen LogP contribution in [-0.2, 0) is 38.4 Å². The van der Waals surface area contributed by atoms with Gasteiger partial charge in [0.15, 0.2) is 0 Å². The van der Waals surface area contributed by atoms with Gasteiger partial charge in [0.1, 0.15) is 29.7 Å². The number of carbonyl (C=O) groups is 4. The largest absolute Gasteiger partial charge is 0.508 e. The molecule has 0 spiro atoms. The predicted molar refractivity (Wildman–Crippen MR) is 158 cm³/mol. The Bertz CT molecular complexity index is 1440. The van der Waals surface area contributed by atoms with Crippen LogP contribution in [-0.4, -0.2) is 64.3 Å². The molecule has 226 valence electrons. The number of aromatic hydroxyl groups is 1. The first-order valence-corrected chi connectivity index (χ1v) is 14.1. The second-order valence-corrected chi connectivity index (χ2v) is 10.7. The third kappa shape index (κ3) is 8.39. The molecule has 7 N–H and O–H groups in total. The Labute approximate surface area is 249 Å². The molecule has 10 nitrogen and oxygen atoms in total. The molecule has 0 unspecified atom stereocenters. The summed E-state index contributed by atoms with van der Waals surface area (Å²) in [5.74, 6) is -2.94. The van der Waals surface area contributed by atoms with E-state index in [1.54, 1.807) is 42.5 Å². The monoisotopic (exact) mass is 589 g/mol. The lowest BCUT2D eigenvalue weighted by Gasteiger charge is -2.29. The van der Waals surface area contributed by atoms with Crippen LogP contribution in [0.3, 0.4) is 0 Å². The summed E-state index contributed by atoms with van der Waals surface area (Å²) in [5.41, 5.74) is 13.5. The van der Waals surface area contributed by atoms with Gasteiger partial charge in [0.2, 0.25) is 23.6 Å². The van der Waals surface area contributed by atoms with Crippen LogP contribution in [0.1, 0.15) is 29.5 Å². The molecule has 4 atom stereocenters. The lowest BCUT2D eigenvalue weighted by molar-refractivity contribution is -0.140. The lowest BCUT2D eigenvalue weighted by atomic mass is 10.0. The number of carbonyl (C=O) groups excluding carboxylic acids is 4.